The number of nitrogens with zero attached hydrogens (tertiary/aromatic N) is 2. The number of aromatic nitrogens is 2. The van der Waals surface area contributed by atoms with Crippen LogP contribution in [0.4, 0.5) is 0 Å². The van der Waals surface area contributed by atoms with Crippen LogP contribution in [-0.4, -0.2) is 29.8 Å². The smallest absolute Gasteiger partial charge is 0.153 e. The van der Waals surface area contributed by atoms with Gasteiger partial charge in [-0.05, 0) is 30.7 Å². The van der Waals surface area contributed by atoms with Gasteiger partial charge in [0.15, 0.2) is 6.29 Å². The van der Waals surface area contributed by atoms with Gasteiger partial charge in [0.25, 0.3) is 0 Å². The Labute approximate surface area is 126 Å². The van der Waals surface area contributed by atoms with Crippen LogP contribution in [0.25, 0.3) is 5.69 Å². The van der Waals surface area contributed by atoms with Gasteiger partial charge >= 0.3 is 0 Å². The lowest BCUT2D eigenvalue weighted by Gasteiger charge is -2.08. The van der Waals surface area contributed by atoms with Crippen LogP contribution < -0.4 is 0 Å². The summed E-state index contributed by atoms with van der Waals surface area (Å²) in [5.74, 6) is 0.0807. The third kappa shape index (κ3) is 2.99. The fourth-order valence-electron chi connectivity index (χ4n) is 2.20. The van der Waals surface area contributed by atoms with Crippen LogP contribution in [0.2, 0.25) is 0 Å². The molecule has 2 rings (SSSR count). The van der Waals surface area contributed by atoms with Crippen molar-refractivity contribution >= 4 is 22.2 Å². The van der Waals surface area contributed by atoms with Gasteiger partial charge in [0.2, 0.25) is 0 Å². The standard InChI is InChI=1S/C15H17BrN2O2/c1-10-6-13(16)4-5-14(10)18-7-12(8-19)15(17-18)11(2)9-20-3/h4-8,11H,9H2,1-3H3. The van der Waals surface area contributed by atoms with Crippen molar-refractivity contribution in [2.24, 2.45) is 0 Å². The molecule has 4 nitrogen and oxygen atoms in total. The maximum atomic E-state index is 11.2. The van der Waals surface area contributed by atoms with Gasteiger partial charge in [-0.15, -0.1) is 0 Å². The molecule has 0 aliphatic carbocycles. The van der Waals surface area contributed by atoms with E-state index in [0.717, 1.165) is 27.7 Å². The summed E-state index contributed by atoms with van der Waals surface area (Å²) in [5.41, 5.74) is 3.43. The molecule has 20 heavy (non-hydrogen) atoms. The van der Waals surface area contributed by atoms with E-state index < -0.39 is 0 Å². The zero-order valence-corrected chi connectivity index (χ0v) is 13.3. The summed E-state index contributed by atoms with van der Waals surface area (Å²) < 4.78 is 7.92. The molecule has 0 bridgehead atoms. The summed E-state index contributed by atoms with van der Waals surface area (Å²) in [6.07, 6.45) is 2.61. The van der Waals surface area contributed by atoms with Crippen molar-refractivity contribution in [1.82, 2.24) is 9.78 Å². The maximum absolute atomic E-state index is 11.2. The number of hydrogen-bond donors (Lipinski definition) is 0. The monoisotopic (exact) mass is 336 g/mol. The van der Waals surface area contributed by atoms with Gasteiger partial charge in [0, 0.05) is 23.7 Å². The first kappa shape index (κ1) is 14.9. The molecule has 0 N–H and O–H groups in total. The minimum absolute atomic E-state index is 0.0807. The van der Waals surface area contributed by atoms with Gasteiger partial charge in [-0.2, -0.15) is 5.10 Å². The fraction of sp³-hybridized carbons (Fsp3) is 0.333. The number of aryl methyl sites for hydroxylation is 1. The molecular formula is C15H17BrN2O2. The van der Waals surface area contributed by atoms with E-state index in [1.165, 1.54) is 0 Å². The number of carbonyl (C=O) groups is 1. The molecule has 2 aromatic rings. The Morgan fingerprint density at radius 2 is 2.25 bits per heavy atom. The molecule has 5 heteroatoms. The van der Waals surface area contributed by atoms with Crippen LogP contribution in [0.15, 0.2) is 28.9 Å². The molecular weight excluding hydrogens is 320 g/mol. The predicted octanol–water partition coefficient (Wildman–Crippen LogP) is 3.51. The summed E-state index contributed by atoms with van der Waals surface area (Å²) in [6, 6.07) is 5.96. The summed E-state index contributed by atoms with van der Waals surface area (Å²) in [4.78, 5) is 11.2. The Balaban J connectivity index is 2.45. The van der Waals surface area contributed by atoms with Crippen LogP contribution in [0, 0.1) is 6.92 Å². The van der Waals surface area contributed by atoms with Crippen LogP contribution in [0.1, 0.15) is 34.5 Å². The van der Waals surface area contributed by atoms with Gasteiger partial charge in [0.1, 0.15) is 0 Å². The second-order valence-electron chi connectivity index (χ2n) is 4.82. The predicted molar refractivity (Wildman–Crippen MR) is 81.7 cm³/mol. The Morgan fingerprint density at radius 3 is 2.85 bits per heavy atom. The van der Waals surface area contributed by atoms with E-state index >= 15 is 0 Å². The molecule has 1 heterocycles. The third-order valence-electron chi connectivity index (χ3n) is 3.19. The minimum Gasteiger partial charge on any atom is -0.384 e. The second-order valence-corrected chi connectivity index (χ2v) is 5.73. The van der Waals surface area contributed by atoms with Crippen molar-refractivity contribution < 1.29 is 9.53 Å². The lowest BCUT2D eigenvalue weighted by Crippen LogP contribution is -2.06. The molecule has 0 saturated carbocycles. The molecule has 0 aliphatic heterocycles. The van der Waals surface area contributed by atoms with E-state index in [1.807, 2.05) is 32.0 Å². The van der Waals surface area contributed by atoms with Gasteiger partial charge < -0.3 is 4.74 Å². The van der Waals surface area contributed by atoms with Crippen molar-refractivity contribution in [3.63, 3.8) is 0 Å². The topological polar surface area (TPSA) is 44.1 Å². The average molecular weight is 337 g/mol. The highest BCUT2D eigenvalue weighted by Crippen LogP contribution is 2.23. The number of carbonyl (C=O) groups excluding carboxylic acids is 1. The Hall–Kier alpha value is -1.46. The SMILES string of the molecule is COCC(C)c1nn(-c2ccc(Br)cc2C)cc1C=O. The molecule has 0 amide bonds. The quantitative estimate of drug-likeness (QED) is 0.785. The second kappa shape index (κ2) is 6.33. The Kier molecular flexibility index (Phi) is 4.73. The number of halogens is 1. The molecule has 0 aliphatic rings. The van der Waals surface area contributed by atoms with E-state index in [4.69, 9.17) is 4.74 Å². The molecule has 0 radical (unpaired) electrons. The first-order valence-corrected chi connectivity index (χ1v) is 7.16. The number of ether oxygens (including phenoxy) is 1. The van der Waals surface area contributed by atoms with Crippen molar-refractivity contribution in [2.75, 3.05) is 13.7 Å². The molecule has 106 valence electrons. The zero-order chi connectivity index (χ0) is 14.7. The van der Waals surface area contributed by atoms with Crippen LogP contribution in [-0.2, 0) is 4.74 Å². The minimum atomic E-state index is 0.0807. The summed E-state index contributed by atoms with van der Waals surface area (Å²) in [7, 11) is 1.65. The molecule has 0 saturated heterocycles. The largest absolute Gasteiger partial charge is 0.384 e. The molecule has 1 atom stereocenters. The van der Waals surface area contributed by atoms with Crippen molar-refractivity contribution in [2.45, 2.75) is 19.8 Å². The van der Waals surface area contributed by atoms with E-state index in [-0.39, 0.29) is 5.92 Å². The highest BCUT2D eigenvalue weighted by Gasteiger charge is 2.16. The number of aldehydes is 1. The van der Waals surface area contributed by atoms with E-state index in [9.17, 15) is 4.79 Å². The van der Waals surface area contributed by atoms with Crippen LogP contribution in [0.3, 0.4) is 0 Å². The average Bonchev–Trinajstić information content (AvgIpc) is 2.83. The zero-order valence-electron chi connectivity index (χ0n) is 11.8. The first-order chi connectivity index (χ1) is 9.56. The lowest BCUT2D eigenvalue weighted by molar-refractivity contribution is 0.112. The summed E-state index contributed by atoms with van der Waals surface area (Å²) >= 11 is 3.44. The summed E-state index contributed by atoms with van der Waals surface area (Å²) in [6.45, 7) is 4.55. The number of benzene rings is 1. The fourth-order valence-corrected chi connectivity index (χ4v) is 2.68. The van der Waals surface area contributed by atoms with Crippen LogP contribution >= 0.6 is 15.9 Å². The van der Waals surface area contributed by atoms with Crippen molar-refractivity contribution in [3.05, 3.63) is 45.7 Å². The Morgan fingerprint density at radius 1 is 1.50 bits per heavy atom. The van der Waals surface area contributed by atoms with Gasteiger partial charge in [-0.1, -0.05) is 22.9 Å². The number of rotatable bonds is 5. The van der Waals surface area contributed by atoms with Crippen molar-refractivity contribution in [3.8, 4) is 5.69 Å². The highest BCUT2D eigenvalue weighted by atomic mass is 79.9. The molecule has 0 spiro atoms. The van der Waals surface area contributed by atoms with Crippen molar-refractivity contribution in [1.29, 1.82) is 0 Å². The normalized spacial score (nSPS) is 12.4. The molecule has 0 fully saturated rings. The molecule has 1 aromatic carbocycles. The lowest BCUT2D eigenvalue weighted by atomic mass is 10.1. The van der Waals surface area contributed by atoms with Gasteiger partial charge in [-0.25, -0.2) is 4.68 Å². The van der Waals surface area contributed by atoms with Gasteiger partial charge in [-0.3, -0.25) is 4.79 Å². The molecule has 1 unspecified atom stereocenters. The Bertz CT molecular complexity index is 622. The van der Waals surface area contributed by atoms with Gasteiger partial charge in [0.05, 0.1) is 23.6 Å². The first-order valence-electron chi connectivity index (χ1n) is 6.37. The third-order valence-corrected chi connectivity index (χ3v) is 3.68. The number of hydrogen-bond acceptors (Lipinski definition) is 3. The van der Waals surface area contributed by atoms with Crippen LogP contribution in [0.5, 0.6) is 0 Å². The maximum Gasteiger partial charge on any atom is 0.153 e. The molecule has 1 aromatic heterocycles. The number of methoxy groups -OCH3 is 1. The van der Waals surface area contributed by atoms with E-state index in [2.05, 4.69) is 21.0 Å². The summed E-state index contributed by atoms with van der Waals surface area (Å²) in [5, 5.41) is 4.55. The highest BCUT2D eigenvalue weighted by molar-refractivity contribution is 9.10. The van der Waals surface area contributed by atoms with E-state index in [1.54, 1.807) is 18.0 Å². The van der Waals surface area contributed by atoms with E-state index in [0.29, 0.717) is 12.2 Å².